The summed E-state index contributed by atoms with van der Waals surface area (Å²) in [7, 11) is -2.42. The van der Waals surface area contributed by atoms with Crippen LogP contribution in [0.15, 0.2) is 42.5 Å². The molecule has 2 aromatic rings. The highest BCUT2D eigenvalue weighted by Gasteiger charge is 2.16. The first-order valence-electron chi connectivity index (χ1n) is 6.62. The molecule has 0 unspecified atom stereocenters. The Kier molecular flexibility index (Phi) is 5.38. The lowest BCUT2D eigenvalue weighted by molar-refractivity contribution is 0.339. The van der Waals surface area contributed by atoms with Gasteiger partial charge in [-0.3, -0.25) is 4.72 Å². The summed E-state index contributed by atoms with van der Waals surface area (Å²) in [6, 6.07) is 9.65. The van der Waals surface area contributed by atoms with Crippen molar-refractivity contribution in [3.05, 3.63) is 54.1 Å². The van der Waals surface area contributed by atoms with Crippen LogP contribution >= 0.6 is 0 Å². The number of para-hydroxylation sites is 1. The van der Waals surface area contributed by atoms with Crippen molar-refractivity contribution in [2.24, 2.45) is 0 Å². The van der Waals surface area contributed by atoms with E-state index in [4.69, 9.17) is 9.47 Å². The summed E-state index contributed by atoms with van der Waals surface area (Å²) in [5.74, 6) is -1.32. The van der Waals surface area contributed by atoms with E-state index in [2.05, 4.69) is 0 Å². The van der Waals surface area contributed by atoms with Crippen LogP contribution in [0, 0.1) is 11.6 Å². The Morgan fingerprint density at radius 3 is 2.13 bits per heavy atom. The third-order valence-corrected chi connectivity index (χ3v) is 4.12. The molecule has 8 heteroatoms. The highest BCUT2D eigenvalue weighted by atomic mass is 32.2. The van der Waals surface area contributed by atoms with Crippen molar-refractivity contribution in [1.29, 1.82) is 0 Å². The van der Waals surface area contributed by atoms with Gasteiger partial charge in [0.2, 0.25) is 10.0 Å². The van der Waals surface area contributed by atoms with E-state index >= 15 is 0 Å². The largest absolute Gasteiger partial charge is 0.497 e. The summed E-state index contributed by atoms with van der Waals surface area (Å²) in [6.45, 7) is -0.169. The molecule has 1 N–H and O–H groups in total. The van der Waals surface area contributed by atoms with Crippen LogP contribution in [-0.2, 0) is 10.0 Å². The molecule has 5 nitrogen and oxygen atoms in total. The summed E-state index contributed by atoms with van der Waals surface area (Å²) in [4.78, 5) is 0. The van der Waals surface area contributed by atoms with Crippen molar-refractivity contribution in [3.8, 4) is 11.5 Å². The van der Waals surface area contributed by atoms with Gasteiger partial charge < -0.3 is 9.47 Å². The van der Waals surface area contributed by atoms with Crippen molar-refractivity contribution < 1.29 is 26.7 Å². The van der Waals surface area contributed by atoms with Gasteiger partial charge in [-0.05, 0) is 36.4 Å². The van der Waals surface area contributed by atoms with Gasteiger partial charge in [-0.25, -0.2) is 17.2 Å². The highest BCUT2D eigenvalue weighted by molar-refractivity contribution is 7.92. The minimum Gasteiger partial charge on any atom is -0.497 e. The van der Waals surface area contributed by atoms with E-state index in [1.54, 1.807) is 24.3 Å². The van der Waals surface area contributed by atoms with Gasteiger partial charge in [0, 0.05) is 0 Å². The SMILES string of the molecule is COc1ccc(OCCS(=O)(=O)Nc2c(F)cccc2F)cc1. The molecule has 0 radical (unpaired) electrons. The molecule has 0 fully saturated rings. The molecule has 0 saturated heterocycles. The second kappa shape index (κ2) is 7.28. The number of halogens is 2. The number of ether oxygens (including phenoxy) is 2. The van der Waals surface area contributed by atoms with Gasteiger partial charge in [0.05, 0.1) is 7.11 Å². The first-order valence-corrected chi connectivity index (χ1v) is 8.28. The molecular weight excluding hydrogens is 328 g/mol. The molecule has 0 aromatic heterocycles. The number of benzene rings is 2. The number of anilines is 1. The molecule has 0 spiro atoms. The molecule has 0 amide bonds. The van der Waals surface area contributed by atoms with Gasteiger partial charge >= 0.3 is 0 Å². The maximum Gasteiger partial charge on any atom is 0.236 e. The van der Waals surface area contributed by atoms with Crippen molar-refractivity contribution in [2.45, 2.75) is 0 Å². The second-order valence-corrected chi connectivity index (χ2v) is 6.38. The number of sulfonamides is 1. The minimum absolute atomic E-state index is 0.169. The molecule has 124 valence electrons. The van der Waals surface area contributed by atoms with Crippen LogP contribution in [0.1, 0.15) is 0 Å². The number of hydrogen-bond acceptors (Lipinski definition) is 4. The van der Waals surface area contributed by atoms with Crippen molar-refractivity contribution in [2.75, 3.05) is 24.2 Å². The highest BCUT2D eigenvalue weighted by Crippen LogP contribution is 2.20. The zero-order valence-electron chi connectivity index (χ0n) is 12.3. The minimum atomic E-state index is -3.94. The molecule has 0 aliphatic carbocycles. The lowest BCUT2D eigenvalue weighted by Crippen LogP contribution is -2.22. The molecule has 23 heavy (non-hydrogen) atoms. The molecule has 0 aliphatic rings. The topological polar surface area (TPSA) is 64.6 Å². The molecule has 0 atom stereocenters. The Bertz CT molecular complexity index is 743. The first-order chi connectivity index (χ1) is 10.9. The van der Waals surface area contributed by atoms with E-state index in [1.165, 1.54) is 7.11 Å². The maximum atomic E-state index is 13.4. The molecule has 2 rings (SSSR count). The van der Waals surface area contributed by atoms with E-state index < -0.39 is 33.1 Å². The average Bonchev–Trinajstić information content (AvgIpc) is 2.52. The standard InChI is InChI=1S/C15H15F2NO4S/c1-21-11-5-7-12(8-6-11)22-9-10-23(19,20)18-15-13(16)3-2-4-14(15)17/h2-8,18H,9-10H2,1H3. The van der Waals surface area contributed by atoms with E-state index in [9.17, 15) is 17.2 Å². The van der Waals surface area contributed by atoms with Crippen LogP contribution in [0.5, 0.6) is 11.5 Å². The molecule has 0 heterocycles. The van der Waals surface area contributed by atoms with Crippen LogP contribution in [-0.4, -0.2) is 27.9 Å². The normalized spacial score (nSPS) is 11.1. The van der Waals surface area contributed by atoms with Crippen LogP contribution in [0.3, 0.4) is 0 Å². The summed E-state index contributed by atoms with van der Waals surface area (Å²) in [6.07, 6.45) is 0. The summed E-state index contributed by atoms with van der Waals surface area (Å²) >= 11 is 0. The molecule has 2 aromatic carbocycles. The number of methoxy groups -OCH3 is 1. The predicted molar refractivity (Wildman–Crippen MR) is 82.3 cm³/mol. The number of rotatable bonds is 7. The van der Waals surface area contributed by atoms with Crippen molar-refractivity contribution in [1.82, 2.24) is 0 Å². The number of nitrogens with one attached hydrogen (secondary N) is 1. The fourth-order valence-electron chi connectivity index (χ4n) is 1.74. The summed E-state index contributed by atoms with van der Waals surface area (Å²) < 4.78 is 62.7. The van der Waals surface area contributed by atoms with Gasteiger partial charge in [0.15, 0.2) is 0 Å². The third-order valence-electron chi connectivity index (χ3n) is 2.90. The Morgan fingerprint density at radius 1 is 1.00 bits per heavy atom. The smallest absolute Gasteiger partial charge is 0.236 e. The Balaban J connectivity index is 1.93. The lowest BCUT2D eigenvalue weighted by atomic mass is 10.3. The average molecular weight is 343 g/mol. The van der Waals surface area contributed by atoms with Gasteiger partial charge in [-0.15, -0.1) is 0 Å². The maximum absolute atomic E-state index is 13.4. The van der Waals surface area contributed by atoms with Crippen LogP contribution in [0.4, 0.5) is 14.5 Å². The van der Waals surface area contributed by atoms with E-state index in [0.717, 1.165) is 18.2 Å². The van der Waals surface area contributed by atoms with Gasteiger partial charge in [0.1, 0.15) is 41.2 Å². The molecule has 0 aliphatic heterocycles. The molecule has 0 saturated carbocycles. The van der Waals surface area contributed by atoms with Crippen LogP contribution < -0.4 is 14.2 Å². The fraction of sp³-hybridized carbons (Fsp3) is 0.200. The van der Waals surface area contributed by atoms with E-state index in [-0.39, 0.29) is 6.61 Å². The van der Waals surface area contributed by atoms with Crippen LogP contribution in [0.2, 0.25) is 0 Å². The van der Waals surface area contributed by atoms with Crippen molar-refractivity contribution >= 4 is 15.7 Å². The zero-order valence-corrected chi connectivity index (χ0v) is 13.1. The predicted octanol–water partition coefficient (Wildman–Crippen LogP) is 2.79. The van der Waals surface area contributed by atoms with Crippen LogP contribution in [0.25, 0.3) is 0 Å². The summed E-state index contributed by atoms with van der Waals surface area (Å²) in [5.41, 5.74) is -0.697. The lowest BCUT2D eigenvalue weighted by Gasteiger charge is -2.11. The van der Waals surface area contributed by atoms with E-state index in [0.29, 0.717) is 11.5 Å². The second-order valence-electron chi connectivity index (χ2n) is 4.54. The Morgan fingerprint density at radius 2 is 1.57 bits per heavy atom. The monoisotopic (exact) mass is 343 g/mol. The van der Waals surface area contributed by atoms with Gasteiger partial charge in [-0.2, -0.15) is 0 Å². The first kappa shape index (κ1) is 17.0. The third kappa shape index (κ3) is 4.82. The Labute approximate surface area is 132 Å². The Hall–Kier alpha value is -2.35. The number of hydrogen-bond donors (Lipinski definition) is 1. The quantitative estimate of drug-likeness (QED) is 0.840. The van der Waals surface area contributed by atoms with Gasteiger partial charge in [-0.1, -0.05) is 6.07 Å². The molecular formula is C15H15F2NO4S. The van der Waals surface area contributed by atoms with E-state index in [1.807, 2.05) is 4.72 Å². The van der Waals surface area contributed by atoms with Gasteiger partial charge in [0.25, 0.3) is 0 Å². The zero-order chi connectivity index (χ0) is 16.9. The van der Waals surface area contributed by atoms with Crippen molar-refractivity contribution in [3.63, 3.8) is 0 Å². The summed E-state index contributed by atoms with van der Waals surface area (Å²) in [5, 5.41) is 0. The fourth-order valence-corrected chi connectivity index (χ4v) is 2.65. The molecule has 0 bridgehead atoms.